The van der Waals surface area contributed by atoms with Crippen LogP contribution in [0, 0.1) is 0 Å². The molecule has 0 radical (unpaired) electrons. The number of carboxylic acids is 2. The van der Waals surface area contributed by atoms with Gasteiger partial charge in [-0.25, -0.2) is 9.59 Å². The number of rotatable bonds is 7. The van der Waals surface area contributed by atoms with Gasteiger partial charge in [0.25, 0.3) is 0 Å². The van der Waals surface area contributed by atoms with E-state index in [0.29, 0.717) is 18.1 Å². The van der Waals surface area contributed by atoms with E-state index in [2.05, 4.69) is 36.1 Å². The first kappa shape index (κ1) is 22.3. The first-order chi connectivity index (χ1) is 12.8. The standard InChI is InChI=1S/C16H19ClN2.C4H4O4/c1-19(2)11-9-15(16-8-3-4-10-18-16)13-6-5-7-14(17)12-13;5-3(6)1-2-4(7)8/h3-8,10,12,15H,9,11H2,1-2H3;1-2H,(H,5,6)(H,7,8)/b;2-1-. The molecule has 1 aromatic heterocycles. The molecule has 6 nitrogen and oxygen atoms in total. The summed E-state index contributed by atoms with van der Waals surface area (Å²) in [7, 11) is 4.18. The van der Waals surface area contributed by atoms with Crippen molar-refractivity contribution < 1.29 is 19.8 Å². The summed E-state index contributed by atoms with van der Waals surface area (Å²) in [5.41, 5.74) is 2.33. The van der Waals surface area contributed by atoms with Crippen LogP contribution >= 0.6 is 11.6 Å². The van der Waals surface area contributed by atoms with E-state index in [4.69, 9.17) is 21.8 Å². The van der Waals surface area contributed by atoms with Crippen LogP contribution in [-0.2, 0) is 9.59 Å². The molecular weight excluding hydrogens is 368 g/mol. The van der Waals surface area contributed by atoms with Gasteiger partial charge >= 0.3 is 11.9 Å². The molecule has 0 aliphatic heterocycles. The quantitative estimate of drug-likeness (QED) is 0.703. The van der Waals surface area contributed by atoms with Crippen molar-refractivity contribution in [3.63, 3.8) is 0 Å². The van der Waals surface area contributed by atoms with Crippen LogP contribution in [0.5, 0.6) is 0 Å². The van der Waals surface area contributed by atoms with Crippen molar-refractivity contribution in [1.82, 2.24) is 9.88 Å². The van der Waals surface area contributed by atoms with Gasteiger partial charge in [-0.2, -0.15) is 0 Å². The zero-order valence-electron chi connectivity index (χ0n) is 15.2. The lowest BCUT2D eigenvalue weighted by atomic mass is 9.92. The fraction of sp³-hybridized carbons (Fsp3) is 0.250. The summed E-state index contributed by atoms with van der Waals surface area (Å²) in [5.74, 6) is -2.22. The van der Waals surface area contributed by atoms with Crippen molar-refractivity contribution in [2.24, 2.45) is 0 Å². The van der Waals surface area contributed by atoms with Gasteiger partial charge < -0.3 is 15.1 Å². The van der Waals surface area contributed by atoms with E-state index >= 15 is 0 Å². The second kappa shape index (κ2) is 11.8. The summed E-state index contributed by atoms with van der Waals surface area (Å²) < 4.78 is 0. The van der Waals surface area contributed by atoms with Gasteiger partial charge in [-0.3, -0.25) is 4.98 Å². The number of halogens is 1. The van der Waals surface area contributed by atoms with Gasteiger partial charge in [-0.05, 0) is 56.9 Å². The number of hydrogen-bond donors (Lipinski definition) is 2. The maximum Gasteiger partial charge on any atom is 0.328 e. The molecule has 1 aromatic carbocycles. The Balaban J connectivity index is 0.000000387. The first-order valence-corrected chi connectivity index (χ1v) is 8.62. The number of carbonyl (C=O) groups is 2. The minimum absolute atomic E-state index is 0.294. The average Bonchev–Trinajstić information content (AvgIpc) is 2.61. The molecule has 2 aromatic rings. The van der Waals surface area contributed by atoms with Crippen LogP contribution in [0.4, 0.5) is 0 Å². The van der Waals surface area contributed by atoms with Gasteiger partial charge in [-0.15, -0.1) is 0 Å². The molecule has 0 saturated carbocycles. The highest BCUT2D eigenvalue weighted by molar-refractivity contribution is 6.30. The zero-order valence-corrected chi connectivity index (χ0v) is 16.0. The molecule has 0 spiro atoms. The lowest BCUT2D eigenvalue weighted by Crippen LogP contribution is -2.17. The topological polar surface area (TPSA) is 90.7 Å². The van der Waals surface area contributed by atoms with Crippen LogP contribution in [0.1, 0.15) is 23.6 Å². The van der Waals surface area contributed by atoms with E-state index in [1.165, 1.54) is 5.56 Å². The summed E-state index contributed by atoms with van der Waals surface area (Å²) in [5, 5.41) is 16.4. The van der Waals surface area contributed by atoms with Crippen LogP contribution in [0.15, 0.2) is 60.8 Å². The van der Waals surface area contributed by atoms with Crippen LogP contribution in [-0.4, -0.2) is 52.7 Å². The maximum atomic E-state index is 9.55. The fourth-order valence-electron chi connectivity index (χ4n) is 2.32. The van der Waals surface area contributed by atoms with Gasteiger partial charge in [0.15, 0.2) is 0 Å². The number of aliphatic carboxylic acids is 2. The van der Waals surface area contributed by atoms with E-state index in [9.17, 15) is 9.59 Å². The van der Waals surface area contributed by atoms with Crippen LogP contribution in [0.25, 0.3) is 0 Å². The molecule has 0 saturated heterocycles. The summed E-state index contributed by atoms with van der Waals surface area (Å²) in [6.45, 7) is 1.02. The number of benzene rings is 1. The Hall–Kier alpha value is -2.70. The third-order valence-electron chi connectivity index (χ3n) is 3.53. The molecule has 2 N–H and O–H groups in total. The zero-order chi connectivity index (χ0) is 20.2. The molecule has 0 amide bonds. The van der Waals surface area contributed by atoms with Gasteiger partial charge in [0.1, 0.15) is 0 Å². The Morgan fingerprint density at radius 3 is 2.26 bits per heavy atom. The van der Waals surface area contributed by atoms with Gasteiger partial charge in [0, 0.05) is 35.0 Å². The van der Waals surface area contributed by atoms with Crippen molar-refractivity contribution in [3.8, 4) is 0 Å². The molecule has 1 unspecified atom stereocenters. The second-order valence-electron chi connectivity index (χ2n) is 5.96. The largest absolute Gasteiger partial charge is 0.478 e. The third kappa shape index (κ3) is 9.53. The van der Waals surface area contributed by atoms with Crippen molar-refractivity contribution in [2.45, 2.75) is 12.3 Å². The summed E-state index contributed by atoms with van der Waals surface area (Å²) in [6.07, 6.45) is 4.00. The van der Waals surface area contributed by atoms with Gasteiger partial charge in [0.2, 0.25) is 0 Å². The van der Waals surface area contributed by atoms with Gasteiger partial charge in [0.05, 0.1) is 0 Å². The molecule has 1 heterocycles. The minimum atomic E-state index is -1.26. The Kier molecular flexibility index (Phi) is 9.79. The monoisotopic (exact) mass is 390 g/mol. The lowest BCUT2D eigenvalue weighted by molar-refractivity contribution is -0.134. The highest BCUT2D eigenvalue weighted by Crippen LogP contribution is 2.28. The molecule has 0 fully saturated rings. The SMILES string of the molecule is CN(C)CCC(c1cccc(Cl)c1)c1ccccn1.O=C(O)/C=C\C(=O)O. The molecule has 7 heteroatoms. The summed E-state index contributed by atoms with van der Waals surface area (Å²) >= 11 is 6.11. The second-order valence-corrected chi connectivity index (χ2v) is 6.40. The highest BCUT2D eigenvalue weighted by atomic mass is 35.5. The number of carboxylic acid groups (broad SMARTS) is 2. The number of aromatic nitrogens is 1. The van der Waals surface area contributed by atoms with Crippen molar-refractivity contribution in [1.29, 1.82) is 0 Å². The first-order valence-electron chi connectivity index (χ1n) is 8.24. The van der Waals surface area contributed by atoms with E-state index in [1.807, 2.05) is 36.5 Å². The minimum Gasteiger partial charge on any atom is -0.478 e. The average molecular weight is 391 g/mol. The van der Waals surface area contributed by atoms with Crippen LogP contribution in [0.3, 0.4) is 0 Å². The van der Waals surface area contributed by atoms with Gasteiger partial charge in [-0.1, -0.05) is 29.8 Å². The molecule has 144 valence electrons. The Labute approximate surface area is 163 Å². The van der Waals surface area contributed by atoms with E-state index in [0.717, 1.165) is 23.7 Å². The molecule has 2 rings (SSSR count). The van der Waals surface area contributed by atoms with E-state index in [1.54, 1.807) is 0 Å². The fourth-order valence-corrected chi connectivity index (χ4v) is 2.52. The third-order valence-corrected chi connectivity index (χ3v) is 3.76. The predicted octanol–water partition coefficient (Wildman–Crippen LogP) is 3.53. The lowest BCUT2D eigenvalue weighted by Gasteiger charge is -2.19. The van der Waals surface area contributed by atoms with Crippen molar-refractivity contribution in [3.05, 3.63) is 77.1 Å². The Morgan fingerprint density at radius 1 is 1.11 bits per heavy atom. The normalized spacial score (nSPS) is 11.7. The molecule has 27 heavy (non-hydrogen) atoms. The predicted molar refractivity (Wildman–Crippen MR) is 105 cm³/mol. The number of pyridine rings is 1. The number of nitrogens with zero attached hydrogens (tertiary/aromatic N) is 2. The highest BCUT2D eigenvalue weighted by Gasteiger charge is 2.15. The Morgan fingerprint density at radius 2 is 1.78 bits per heavy atom. The van der Waals surface area contributed by atoms with Crippen LogP contribution < -0.4 is 0 Å². The molecule has 0 aliphatic rings. The van der Waals surface area contributed by atoms with Crippen molar-refractivity contribution in [2.75, 3.05) is 20.6 Å². The van der Waals surface area contributed by atoms with E-state index in [-0.39, 0.29) is 0 Å². The smallest absolute Gasteiger partial charge is 0.328 e. The van der Waals surface area contributed by atoms with Crippen molar-refractivity contribution >= 4 is 23.5 Å². The molecule has 0 aliphatic carbocycles. The summed E-state index contributed by atoms with van der Waals surface area (Å²) in [4.78, 5) is 25.8. The maximum absolute atomic E-state index is 9.55. The molecular formula is C20H23ClN2O4. The van der Waals surface area contributed by atoms with E-state index < -0.39 is 11.9 Å². The Bertz CT molecular complexity index is 748. The number of hydrogen-bond acceptors (Lipinski definition) is 4. The molecule has 0 bridgehead atoms. The van der Waals surface area contributed by atoms with Crippen LogP contribution in [0.2, 0.25) is 5.02 Å². The molecule has 1 atom stereocenters. The summed E-state index contributed by atoms with van der Waals surface area (Å²) in [6, 6.07) is 14.1.